The van der Waals surface area contributed by atoms with Crippen LogP contribution in [-0.4, -0.2) is 7.11 Å². The normalized spacial score (nSPS) is 10.4. The number of anilines is 1. The highest BCUT2D eigenvalue weighted by Gasteiger charge is 2.10. The van der Waals surface area contributed by atoms with Gasteiger partial charge < -0.3 is 10.5 Å². The van der Waals surface area contributed by atoms with Crippen molar-refractivity contribution in [2.75, 3.05) is 12.8 Å². The van der Waals surface area contributed by atoms with Crippen LogP contribution in [0.3, 0.4) is 0 Å². The highest BCUT2D eigenvalue weighted by molar-refractivity contribution is 6.32. The van der Waals surface area contributed by atoms with Crippen LogP contribution in [0.25, 0.3) is 11.1 Å². The van der Waals surface area contributed by atoms with Gasteiger partial charge in [-0.05, 0) is 42.3 Å². The Bertz CT molecular complexity index is 599. The summed E-state index contributed by atoms with van der Waals surface area (Å²) in [5, 5.41) is 0.438. The molecule has 0 radical (unpaired) electrons. The van der Waals surface area contributed by atoms with Crippen molar-refractivity contribution in [3.05, 3.63) is 46.7 Å². The van der Waals surface area contributed by atoms with Crippen molar-refractivity contribution in [1.82, 2.24) is 0 Å². The Hall–Kier alpha value is -1.74. The third-order valence-electron chi connectivity index (χ3n) is 2.82. The van der Waals surface area contributed by atoms with Crippen LogP contribution in [0.1, 0.15) is 5.56 Å². The molecule has 2 aromatic carbocycles. The largest absolute Gasteiger partial charge is 0.495 e. The van der Waals surface area contributed by atoms with E-state index in [0.29, 0.717) is 27.6 Å². The fourth-order valence-corrected chi connectivity index (χ4v) is 2.00. The fourth-order valence-electron chi connectivity index (χ4n) is 1.74. The van der Waals surface area contributed by atoms with Gasteiger partial charge in [0.25, 0.3) is 0 Å². The second-order valence-corrected chi connectivity index (χ2v) is 4.45. The van der Waals surface area contributed by atoms with E-state index in [4.69, 9.17) is 22.1 Å². The van der Waals surface area contributed by atoms with Gasteiger partial charge in [0.05, 0.1) is 12.1 Å². The van der Waals surface area contributed by atoms with E-state index in [9.17, 15) is 4.39 Å². The zero-order valence-electron chi connectivity index (χ0n) is 10.1. The molecule has 2 aromatic rings. The molecule has 0 saturated carbocycles. The molecule has 0 unspecified atom stereocenters. The van der Waals surface area contributed by atoms with E-state index in [1.807, 2.05) is 0 Å². The molecule has 18 heavy (non-hydrogen) atoms. The van der Waals surface area contributed by atoms with Gasteiger partial charge in [0.15, 0.2) is 0 Å². The topological polar surface area (TPSA) is 35.2 Å². The number of aryl methyl sites for hydroxylation is 1. The first-order chi connectivity index (χ1) is 8.52. The van der Waals surface area contributed by atoms with E-state index in [1.54, 1.807) is 31.2 Å². The van der Waals surface area contributed by atoms with Crippen LogP contribution in [-0.2, 0) is 0 Å². The lowest BCUT2D eigenvalue weighted by Crippen LogP contribution is -1.94. The minimum Gasteiger partial charge on any atom is -0.495 e. The minimum atomic E-state index is -0.317. The molecule has 0 bridgehead atoms. The van der Waals surface area contributed by atoms with E-state index in [0.717, 1.165) is 5.56 Å². The van der Waals surface area contributed by atoms with Crippen LogP contribution < -0.4 is 10.5 Å². The van der Waals surface area contributed by atoms with Gasteiger partial charge in [-0.3, -0.25) is 0 Å². The lowest BCUT2D eigenvalue weighted by atomic mass is 10.0. The molecule has 0 spiro atoms. The highest BCUT2D eigenvalue weighted by atomic mass is 35.5. The van der Waals surface area contributed by atoms with Gasteiger partial charge in [-0.25, -0.2) is 4.39 Å². The number of halogens is 2. The van der Waals surface area contributed by atoms with Gasteiger partial charge in [0.1, 0.15) is 11.6 Å². The maximum absolute atomic E-state index is 13.9. The molecule has 0 fully saturated rings. The summed E-state index contributed by atoms with van der Waals surface area (Å²) in [6, 6.07) is 8.14. The van der Waals surface area contributed by atoms with Crippen molar-refractivity contribution < 1.29 is 9.13 Å². The van der Waals surface area contributed by atoms with Crippen LogP contribution in [0.15, 0.2) is 30.3 Å². The first-order valence-electron chi connectivity index (χ1n) is 5.42. The summed E-state index contributed by atoms with van der Waals surface area (Å²) in [4.78, 5) is 0. The number of methoxy groups -OCH3 is 1. The number of hydrogen-bond donors (Lipinski definition) is 1. The standard InChI is InChI=1S/C14H13ClFNO/c1-8-5-12(16)10(7-13(8)17)9-3-4-14(18-2)11(15)6-9/h3-7H,17H2,1-2H3. The zero-order chi connectivity index (χ0) is 13.3. The summed E-state index contributed by atoms with van der Waals surface area (Å²) in [6.07, 6.45) is 0. The third kappa shape index (κ3) is 2.27. The monoisotopic (exact) mass is 265 g/mol. The van der Waals surface area contributed by atoms with Crippen LogP contribution in [0, 0.1) is 12.7 Å². The van der Waals surface area contributed by atoms with Gasteiger partial charge in [0, 0.05) is 11.3 Å². The van der Waals surface area contributed by atoms with Gasteiger partial charge >= 0.3 is 0 Å². The average Bonchev–Trinajstić information content (AvgIpc) is 2.33. The fraction of sp³-hybridized carbons (Fsp3) is 0.143. The third-order valence-corrected chi connectivity index (χ3v) is 3.11. The maximum atomic E-state index is 13.9. The predicted octanol–water partition coefficient (Wildman–Crippen LogP) is 4.05. The molecule has 2 N–H and O–H groups in total. The van der Waals surface area contributed by atoms with Gasteiger partial charge in [-0.1, -0.05) is 17.7 Å². The Morgan fingerprint density at radius 1 is 1.22 bits per heavy atom. The molecular formula is C14H13ClFNO. The molecule has 0 aliphatic rings. The second kappa shape index (κ2) is 4.86. The number of hydrogen-bond acceptors (Lipinski definition) is 2. The minimum absolute atomic E-state index is 0.317. The summed E-state index contributed by atoms with van der Waals surface area (Å²) < 4.78 is 19.0. The molecule has 0 saturated heterocycles. The number of nitrogens with two attached hydrogens (primary N) is 1. The smallest absolute Gasteiger partial charge is 0.137 e. The molecule has 0 atom stereocenters. The van der Waals surface area contributed by atoms with E-state index < -0.39 is 0 Å². The summed E-state index contributed by atoms with van der Waals surface area (Å²) in [7, 11) is 1.53. The van der Waals surface area contributed by atoms with Gasteiger partial charge in [-0.2, -0.15) is 0 Å². The Labute approximate surface area is 110 Å². The first kappa shape index (κ1) is 12.7. The molecule has 0 amide bonds. The van der Waals surface area contributed by atoms with E-state index in [1.165, 1.54) is 13.2 Å². The van der Waals surface area contributed by atoms with Crippen molar-refractivity contribution >= 4 is 17.3 Å². The molecule has 4 heteroatoms. The molecule has 0 heterocycles. The van der Waals surface area contributed by atoms with Crippen LogP contribution in [0.5, 0.6) is 5.75 Å². The zero-order valence-corrected chi connectivity index (χ0v) is 10.9. The summed E-state index contributed by atoms with van der Waals surface area (Å²) in [5.74, 6) is 0.240. The Morgan fingerprint density at radius 3 is 2.56 bits per heavy atom. The van der Waals surface area contributed by atoms with Crippen molar-refractivity contribution in [2.24, 2.45) is 0 Å². The van der Waals surface area contributed by atoms with Gasteiger partial charge in [-0.15, -0.1) is 0 Å². The number of benzene rings is 2. The number of nitrogen functional groups attached to an aromatic ring is 1. The average molecular weight is 266 g/mol. The van der Waals surface area contributed by atoms with Crippen LogP contribution in [0.2, 0.25) is 5.02 Å². The highest BCUT2D eigenvalue weighted by Crippen LogP contribution is 2.33. The first-order valence-corrected chi connectivity index (χ1v) is 5.80. The number of ether oxygens (including phenoxy) is 1. The molecule has 0 aromatic heterocycles. The van der Waals surface area contributed by atoms with Crippen molar-refractivity contribution in [1.29, 1.82) is 0 Å². The predicted molar refractivity (Wildman–Crippen MR) is 72.5 cm³/mol. The lowest BCUT2D eigenvalue weighted by molar-refractivity contribution is 0.415. The second-order valence-electron chi connectivity index (χ2n) is 4.04. The van der Waals surface area contributed by atoms with Crippen molar-refractivity contribution in [3.8, 4) is 16.9 Å². The summed E-state index contributed by atoms with van der Waals surface area (Å²) in [5.41, 5.74) is 8.17. The van der Waals surface area contributed by atoms with Crippen LogP contribution in [0.4, 0.5) is 10.1 Å². The lowest BCUT2D eigenvalue weighted by Gasteiger charge is -2.09. The van der Waals surface area contributed by atoms with Crippen molar-refractivity contribution in [2.45, 2.75) is 6.92 Å². The summed E-state index contributed by atoms with van der Waals surface area (Å²) >= 11 is 6.02. The maximum Gasteiger partial charge on any atom is 0.137 e. The van der Waals surface area contributed by atoms with E-state index >= 15 is 0 Å². The van der Waals surface area contributed by atoms with Gasteiger partial charge in [0.2, 0.25) is 0 Å². The quantitative estimate of drug-likeness (QED) is 0.832. The van der Waals surface area contributed by atoms with E-state index in [2.05, 4.69) is 0 Å². The Kier molecular flexibility index (Phi) is 3.43. The molecule has 0 aliphatic carbocycles. The Morgan fingerprint density at radius 2 is 1.94 bits per heavy atom. The molecule has 2 rings (SSSR count). The number of rotatable bonds is 2. The molecule has 94 valence electrons. The molecule has 2 nitrogen and oxygen atoms in total. The van der Waals surface area contributed by atoms with Crippen molar-refractivity contribution in [3.63, 3.8) is 0 Å². The SMILES string of the molecule is COc1ccc(-c2cc(N)c(C)cc2F)cc1Cl. The summed E-state index contributed by atoms with van der Waals surface area (Å²) in [6.45, 7) is 1.77. The van der Waals surface area contributed by atoms with Crippen LogP contribution >= 0.6 is 11.6 Å². The molecule has 0 aliphatic heterocycles. The van der Waals surface area contributed by atoms with E-state index in [-0.39, 0.29) is 5.82 Å². The Balaban J connectivity index is 2.55. The molecular weight excluding hydrogens is 253 g/mol.